The molecule has 1 aliphatic rings. The zero-order valence-electron chi connectivity index (χ0n) is 21.3. The standard InChI is InChI=1S/C13H11F2N3O2.C7H14.C4H12N2O2S/c1-6-17-5-7(13(16)18-6)12(19)10-9(20-2)4-3-8(14)11(10)15;1-7-5-3-2-4-6-7;1-2-3-4-9(7,8)6-5/h3-5H,1-2H3,(H2,16,17,18);7H,2-6H2,1H3;6H,2-5H2,1H3. The van der Waals surface area contributed by atoms with Gasteiger partial charge in [0.25, 0.3) is 0 Å². The van der Waals surface area contributed by atoms with E-state index in [0.29, 0.717) is 12.2 Å². The Morgan fingerprint density at radius 1 is 1.22 bits per heavy atom. The first-order valence-electron chi connectivity index (χ1n) is 11.8. The van der Waals surface area contributed by atoms with Gasteiger partial charge in [-0.3, -0.25) is 10.6 Å². The van der Waals surface area contributed by atoms with Crippen molar-refractivity contribution >= 4 is 21.6 Å². The van der Waals surface area contributed by atoms with E-state index in [1.54, 1.807) is 11.8 Å². The third-order valence-electron chi connectivity index (χ3n) is 5.53. The van der Waals surface area contributed by atoms with Crippen molar-refractivity contribution in [3.63, 3.8) is 0 Å². The molecular weight excluding hydrogens is 492 g/mol. The Morgan fingerprint density at radius 3 is 2.33 bits per heavy atom. The Hall–Kier alpha value is -2.70. The number of carbonyl (C=O) groups excluding carboxylic acids is 1. The number of hydrazine groups is 1. The van der Waals surface area contributed by atoms with E-state index in [9.17, 15) is 22.0 Å². The highest BCUT2D eigenvalue weighted by Gasteiger charge is 2.24. The van der Waals surface area contributed by atoms with Gasteiger partial charge in [-0.1, -0.05) is 52.4 Å². The molecule has 0 saturated heterocycles. The average Bonchev–Trinajstić information content (AvgIpc) is 2.85. The molecule has 0 radical (unpaired) electrons. The van der Waals surface area contributed by atoms with Crippen molar-refractivity contribution in [1.82, 2.24) is 14.8 Å². The first-order chi connectivity index (χ1) is 17.0. The van der Waals surface area contributed by atoms with Crippen molar-refractivity contribution in [2.24, 2.45) is 11.8 Å². The summed E-state index contributed by atoms with van der Waals surface area (Å²) < 4.78 is 53.1. The van der Waals surface area contributed by atoms with Gasteiger partial charge in [0.2, 0.25) is 15.8 Å². The minimum atomic E-state index is -3.15. The highest BCUT2D eigenvalue weighted by atomic mass is 32.2. The van der Waals surface area contributed by atoms with Crippen LogP contribution in [-0.4, -0.2) is 37.0 Å². The molecule has 0 unspecified atom stereocenters. The Morgan fingerprint density at radius 2 is 1.86 bits per heavy atom. The van der Waals surface area contributed by atoms with Gasteiger partial charge in [0, 0.05) is 6.20 Å². The van der Waals surface area contributed by atoms with Crippen LogP contribution in [0.5, 0.6) is 5.75 Å². The van der Waals surface area contributed by atoms with Gasteiger partial charge in [0.05, 0.1) is 18.4 Å². The van der Waals surface area contributed by atoms with E-state index in [0.717, 1.165) is 24.5 Å². The van der Waals surface area contributed by atoms with Crippen LogP contribution in [0, 0.1) is 24.5 Å². The highest BCUT2D eigenvalue weighted by molar-refractivity contribution is 7.89. The zero-order valence-corrected chi connectivity index (χ0v) is 22.1. The Kier molecular flexibility index (Phi) is 13.4. The number of nitrogens with zero attached hydrogens (tertiary/aromatic N) is 2. The number of nitrogen functional groups attached to an aromatic ring is 1. The molecule has 0 bridgehead atoms. The normalized spacial score (nSPS) is 13.6. The van der Waals surface area contributed by atoms with Gasteiger partial charge in [-0.15, -0.1) is 0 Å². The lowest BCUT2D eigenvalue weighted by Gasteiger charge is -2.15. The number of unbranched alkanes of at least 4 members (excludes halogenated alkanes) is 1. The quantitative estimate of drug-likeness (QED) is 0.276. The molecule has 5 N–H and O–H groups in total. The summed E-state index contributed by atoms with van der Waals surface area (Å²) in [7, 11) is -1.91. The lowest BCUT2D eigenvalue weighted by atomic mass is 9.91. The number of rotatable bonds is 7. The molecule has 1 aromatic heterocycles. The maximum Gasteiger partial charge on any atom is 0.224 e. The molecule has 1 heterocycles. The summed E-state index contributed by atoms with van der Waals surface area (Å²) in [5, 5.41) is 0. The molecule has 0 atom stereocenters. The largest absolute Gasteiger partial charge is 0.496 e. The summed E-state index contributed by atoms with van der Waals surface area (Å²) in [6.45, 7) is 5.87. The van der Waals surface area contributed by atoms with E-state index in [1.165, 1.54) is 45.4 Å². The molecule has 0 spiro atoms. The second-order valence-corrected chi connectivity index (χ2v) is 10.4. The summed E-state index contributed by atoms with van der Waals surface area (Å²) in [5.41, 5.74) is 4.96. The van der Waals surface area contributed by atoms with Crippen molar-refractivity contribution in [2.45, 2.75) is 65.7 Å². The Balaban J connectivity index is 0.000000333. The second kappa shape index (κ2) is 15.4. The number of methoxy groups -OCH3 is 1. The van der Waals surface area contributed by atoms with E-state index in [-0.39, 0.29) is 22.9 Å². The van der Waals surface area contributed by atoms with Crippen LogP contribution in [-0.2, 0) is 10.0 Å². The number of sulfonamides is 1. The summed E-state index contributed by atoms with van der Waals surface area (Å²) in [5.74, 6) is 2.76. The summed E-state index contributed by atoms with van der Waals surface area (Å²) in [6, 6.07) is 2.04. The first kappa shape index (κ1) is 31.3. The molecule has 3 rings (SSSR count). The van der Waals surface area contributed by atoms with Crippen LogP contribution in [0.2, 0.25) is 0 Å². The topological polar surface area (TPSA) is 150 Å². The fourth-order valence-electron chi connectivity index (χ4n) is 3.41. The number of ketones is 1. The molecule has 9 nitrogen and oxygen atoms in total. The molecule has 12 heteroatoms. The SMILES string of the molecule is CC1CCCCC1.CCCCS(=O)(=O)NN.COc1ccc(F)c(F)c1C(=O)c1cnc(C)nc1N. The number of aryl methyl sites for hydroxylation is 1. The number of hydrogen-bond acceptors (Lipinski definition) is 8. The summed E-state index contributed by atoms with van der Waals surface area (Å²) in [6.07, 6.45) is 10.1. The second-order valence-electron chi connectivity index (χ2n) is 8.52. The molecule has 202 valence electrons. The number of aromatic nitrogens is 2. The third kappa shape index (κ3) is 10.1. The van der Waals surface area contributed by atoms with Gasteiger partial charge in [-0.2, -0.15) is 4.83 Å². The molecule has 1 fully saturated rings. The van der Waals surface area contributed by atoms with Gasteiger partial charge in [0.15, 0.2) is 11.6 Å². The van der Waals surface area contributed by atoms with Crippen molar-refractivity contribution < 1.29 is 26.7 Å². The molecule has 1 saturated carbocycles. The van der Waals surface area contributed by atoms with Crippen LogP contribution < -0.4 is 21.1 Å². The minimum absolute atomic E-state index is 0.0890. The van der Waals surface area contributed by atoms with Crippen molar-refractivity contribution in [3.8, 4) is 5.75 Å². The van der Waals surface area contributed by atoms with Crippen molar-refractivity contribution in [2.75, 3.05) is 18.6 Å². The van der Waals surface area contributed by atoms with Crippen LogP contribution >= 0.6 is 0 Å². The number of halogens is 2. The van der Waals surface area contributed by atoms with Crippen LogP contribution in [0.25, 0.3) is 0 Å². The van der Waals surface area contributed by atoms with Crippen LogP contribution in [0.1, 0.15) is 80.5 Å². The van der Waals surface area contributed by atoms with Gasteiger partial charge in [-0.25, -0.2) is 27.2 Å². The number of ether oxygens (including phenoxy) is 1. The van der Waals surface area contributed by atoms with Crippen LogP contribution in [0.4, 0.5) is 14.6 Å². The third-order valence-corrected chi connectivity index (χ3v) is 6.71. The lowest BCUT2D eigenvalue weighted by molar-refractivity contribution is 0.103. The maximum atomic E-state index is 13.8. The number of nitrogens with two attached hydrogens (primary N) is 2. The van der Waals surface area contributed by atoms with Gasteiger partial charge in [0.1, 0.15) is 23.0 Å². The summed E-state index contributed by atoms with van der Waals surface area (Å²) >= 11 is 0. The maximum absolute atomic E-state index is 13.8. The first-order valence-corrected chi connectivity index (χ1v) is 13.5. The monoisotopic (exact) mass is 529 g/mol. The van der Waals surface area contributed by atoms with Gasteiger partial charge >= 0.3 is 0 Å². The van der Waals surface area contributed by atoms with Crippen LogP contribution in [0.3, 0.4) is 0 Å². The van der Waals surface area contributed by atoms with Gasteiger partial charge < -0.3 is 10.5 Å². The van der Waals surface area contributed by atoms with E-state index in [4.69, 9.17) is 16.3 Å². The Bertz CT molecular complexity index is 1090. The predicted molar refractivity (Wildman–Crippen MR) is 136 cm³/mol. The fraction of sp³-hybridized carbons (Fsp3) is 0.542. The number of hydrogen-bond donors (Lipinski definition) is 3. The molecule has 2 aromatic rings. The number of carbonyl (C=O) groups is 1. The smallest absolute Gasteiger partial charge is 0.224 e. The number of benzene rings is 1. The molecule has 1 aliphatic carbocycles. The van der Waals surface area contributed by atoms with E-state index in [2.05, 4.69) is 16.9 Å². The van der Waals surface area contributed by atoms with Gasteiger partial charge in [-0.05, 0) is 31.4 Å². The van der Waals surface area contributed by atoms with E-state index < -0.39 is 33.0 Å². The predicted octanol–water partition coefficient (Wildman–Crippen LogP) is 4.05. The molecular formula is C24H37F2N5O4S. The zero-order chi connectivity index (χ0) is 27.3. The number of nitrogens with one attached hydrogen (secondary N) is 1. The van der Waals surface area contributed by atoms with E-state index in [1.807, 2.05) is 6.92 Å². The van der Waals surface area contributed by atoms with Crippen LogP contribution in [0.15, 0.2) is 18.3 Å². The highest BCUT2D eigenvalue weighted by Crippen LogP contribution is 2.27. The fourth-order valence-corrected chi connectivity index (χ4v) is 4.20. The summed E-state index contributed by atoms with van der Waals surface area (Å²) in [4.78, 5) is 21.7. The Labute approximate surface area is 212 Å². The lowest BCUT2D eigenvalue weighted by Crippen LogP contribution is -2.32. The van der Waals surface area contributed by atoms with E-state index >= 15 is 0 Å². The number of anilines is 1. The molecule has 36 heavy (non-hydrogen) atoms. The molecule has 0 aliphatic heterocycles. The molecule has 0 amide bonds. The minimum Gasteiger partial charge on any atom is -0.496 e. The van der Waals surface area contributed by atoms with Crippen molar-refractivity contribution in [3.05, 3.63) is 46.9 Å². The molecule has 1 aromatic carbocycles. The average molecular weight is 530 g/mol. The van der Waals surface area contributed by atoms with Crippen molar-refractivity contribution in [1.29, 1.82) is 0 Å².